The maximum atomic E-state index is 3.75. The first kappa shape index (κ1) is 12.0. The van der Waals surface area contributed by atoms with E-state index in [0.29, 0.717) is 0 Å². The Morgan fingerprint density at radius 2 is 1.63 bits per heavy atom. The van der Waals surface area contributed by atoms with Crippen molar-refractivity contribution in [2.24, 2.45) is 0 Å². The molecule has 0 bridgehead atoms. The molecule has 1 aliphatic heterocycles. The maximum absolute atomic E-state index is 3.75. The Morgan fingerprint density at radius 1 is 0.947 bits per heavy atom. The fraction of sp³-hybridized carbons (Fsp3) is 0.429. The van der Waals surface area contributed by atoms with Gasteiger partial charge in [0.2, 0.25) is 0 Å². The van der Waals surface area contributed by atoms with Gasteiger partial charge in [0.1, 0.15) is 12.7 Å². The molecule has 0 radical (unpaired) electrons. The van der Waals surface area contributed by atoms with Crippen molar-refractivity contribution < 1.29 is 0 Å². The fourth-order valence-electron chi connectivity index (χ4n) is 2.44. The predicted molar refractivity (Wildman–Crippen MR) is 75.6 cm³/mol. The van der Waals surface area contributed by atoms with Crippen LogP contribution in [0.1, 0.15) is 24.8 Å². The lowest BCUT2D eigenvalue weighted by atomic mass is 10.1. The average Bonchev–Trinajstić information content (AvgIpc) is 3.00. The van der Waals surface area contributed by atoms with E-state index >= 15 is 0 Å². The smallest absolute Gasteiger partial charge is 0.138 e. The number of benzene rings is 1. The largest absolute Gasteiger partial charge is 0.372 e. The molecule has 0 spiro atoms. The molecule has 1 fully saturated rings. The first-order valence-corrected chi connectivity index (χ1v) is 6.84. The monoisotopic (exact) mass is 257 g/mol. The predicted octanol–water partition coefficient (Wildman–Crippen LogP) is 2.01. The van der Waals surface area contributed by atoms with Crippen molar-refractivity contribution in [1.29, 1.82) is 0 Å². The molecule has 19 heavy (non-hydrogen) atoms. The third-order valence-corrected chi connectivity index (χ3v) is 3.54. The van der Waals surface area contributed by atoms with Gasteiger partial charge in [-0.05, 0) is 37.0 Å². The van der Waals surface area contributed by atoms with Crippen molar-refractivity contribution in [1.82, 2.24) is 14.9 Å². The number of aromatic nitrogens is 3. The molecule has 5 nitrogen and oxygen atoms in total. The number of rotatable bonds is 4. The Bertz CT molecular complexity index is 485. The van der Waals surface area contributed by atoms with Gasteiger partial charge < -0.3 is 10.3 Å². The van der Waals surface area contributed by atoms with Crippen LogP contribution < -0.4 is 10.3 Å². The van der Waals surface area contributed by atoms with E-state index in [1.54, 1.807) is 17.3 Å². The molecule has 3 rings (SSSR count). The summed E-state index contributed by atoms with van der Waals surface area (Å²) in [6, 6.07) is 8.80. The molecule has 0 aliphatic carbocycles. The SMILES string of the molecule is c1cc(N2CCCCC2)ccc1CNn1cnnc1. The Labute approximate surface area is 113 Å². The van der Waals surface area contributed by atoms with E-state index in [9.17, 15) is 0 Å². The summed E-state index contributed by atoms with van der Waals surface area (Å²) in [6.07, 6.45) is 7.31. The molecular weight excluding hydrogens is 238 g/mol. The lowest BCUT2D eigenvalue weighted by Gasteiger charge is -2.28. The van der Waals surface area contributed by atoms with Crippen LogP contribution in [0.5, 0.6) is 0 Å². The first-order chi connectivity index (χ1) is 9.42. The van der Waals surface area contributed by atoms with E-state index in [1.807, 2.05) is 0 Å². The van der Waals surface area contributed by atoms with E-state index in [1.165, 1.54) is 43.6 Å². The van der Waals surface area contributed by atoms with Gasteiger partial charge in [-0.2, -0.15) is 0 Å². The molecular formula is C14H19N5. The molecule has 1 aliphatic rings. The van der Waals surface area contributed by atoms with Gasteiger partial charge in [0.25, 0.3) is 0 Å². The molecule has 2 heterocycles. The summed E-state index contributed by atoms with van der Waals surface area (Å²) in [7, 11) is 0. The van der Waals surface area contributed by atoms with Crippen LogP contribution in [-0.2, 0) is 6.54 Å². The number of nitrogens with one attached hydrogen (secondary N) is 1. The molecule has 1 N–H and O–H groups in total. The van der Waals surface area contributed by atoms with E-state index < -0.39 is 0 Å². The number of hydrogen-bond acceptors (Lipinski definition) is 4. The van der Waals surface area contributed by atoms with Gasteiger partial charge >= 0.3 is 0 Å². The van der Waals surface area contributed by atoms with Crippen LogP contribution >= 0.6 is 0 Å². The average molecular weight is 257 g/mol. The number of piperidine rings is 1. The zero-order valence-electron chi connectivity index (χ0n) is 11.0. The minimum atomic E-state index is 0.776. The van der Waals surface area contributed by atoms with Crippen molar-refractivity contribution in [2.45, 2.75) is 25.8 Å². The van der Waals surface area contributed by atoms with Crippen molar-refractivity contribution in [2.75, 3.05) is 23.4 Å². The van der Waals surface area contributed by atoms with Crippen LogP contribution in [0.15, 0.2) is 36.9 Å². The van der Waals surface area contributed by atoms with Crippen molar-refractivity contribution in [3.05, 3.63) is 42.5 Å². The minimum absolute atomic E-state index is 0.776. The summed E-state index contributed by atoms with van der Waals surface area (Å²) in [5.74, 6) is 0. The highest BCUT2D eigenvalue weighted by molar-refractivity contribution is 5.47. The summed E-state index contributed by atoms with van der Waals surface area (Å²) < 4.78 is 1.76. The Kier molecular flexibility index (Phi) is 3.63. The van der Waals surface area contributed by atoms with Crippen molar-refractivity contribution >= 4 is 5.69 Å². The molecule has 1 aromatic carbocycles. The maximum Gasteiger partial charge on any atom is 0.138 e. The highest BCUT2D eigenvalue weighted by Gasteiger charge is 2.10. The summed E-state index contributed by atoms with van der Waals surface area (Å²) in [5, 5.41) is 7.51. The molecule has 0 atom stereocenters. The number of nitrogens with zero attached hydrogens (tertiary/aromatic N) is 4. The quantitative estimate of drug-likeness (QED) is 0.910. The third-order valence-electron chi connectivity index (χ3n) is 3.54. The summed E-state index contributed by atoms with van der Waals surface area (Å²) in [5.41, 5.74) is 5.82. The Morgan fingerprint density at radius 3 is 2.32 bits per heavy atom. The molecule has 5 heteroatoms. The normalized spacial score (nSPS) is 15.5. The standard InChI is InChI=1S/C14H19N5/c1-2-8-18(9-3-1)14-6-4-13(5-7-14)10-17-19-11-15-16-12-19/h4-7,11-12,17H,1-3,8-10H2. The molecule has 0 saturated carbocycles. The van der Waals surface area contributed by atoms with Gasteiger partial charge in [-0.1, -0.05) is 12.1 Å². The second kappa shape index (κ2) is 5.73. The van der Waals surface area contributed by atoms with Crippen LogP contribution in [-0.4, -0.2) is 28.0 Å². The van der Waals surface area contributed by atoms with E-state index in [2.05, 4.69) is 44.8 Å². The summed E-state index contributed by atoms with van der Waals surface area (Å²) in [6.45, 7) is 3.16. The molecule has 2 aromatic rings. The van der Waals surface area contributed by atoms with E-state index in [0.717, 1.165) is 6.54 Å². The molecule has 100 valence electrons. The van der Waals surface area contributed by atoms with Gasteiger partial charge in [-0.25, -0.2) is 4.68 Å². The van der Waals surface area contributed by atoms with Crippen LogP contribution in [0.2, 0.25) is 0 Å². The van der Waals surface area contributed by atoms with E-state index in [-0.39, 0.29) is 0 Å². The highest BCUT2D eigenvalue weighted by atomic mass is 15.5. The van der Waals surface area contributed by atoms with Gasteiger partial charge in [0.05, 0.1) is 6.54 Å². The molecule has 1 saturated heterocycles. The lowest BCUT2D eigenvalue weighted by Crippen LogP contribution is -2.29. The van der Waals surface area contributed by atoms with Gasteiger partial charge in [-0.3, -0.25) is 0 Å². The topological polar surface area (TPSA) is 46.0 Å². The minimum Gasteiger partial charge on any atom is -0.372 e. The summed E-state index contributed by atoms with van der Waals surface area (Å²) >= 11 is 0. The second-order valence-corrected chi connectivity index (χ2v) is 4.92. The lowest BCUT2D eigenvalue weighted by molar-refractivity contribution is 0.578. The molecule has 1 aromatic heterocycles. The van der Waals surface area contributed by atoms with Crippen LogP contribution in [0.25, 0.3) is 0 Å². The second-order valence-electron chi connectivity index (χ2n) is 4.92. The first-order valence-electron chi connectivity index (χ1n) is 6.84. The number of hydrogen-bond donors (Lipinski definition) is 1. The summed E-state index contributed by atoms with van der Waals surface area (Å²) in [4.78, 5) is 2.47. The fourth-order valence-corrected chi connectivity index (χ4v) is 2.44. The van der Waals surface area contributed by atoms with Gasteiger partial charge in [0, 0.05) is 18.8 Å². The van der Waals surface area contributed by atoms with Crippen molar-refractivity contribution in [3.63, 3.8) is 0 Å². The van der Waals surface area contributed by atoms with Crippen molar-refractivity contribution in [3.8, 4) is 0 Å². The molecule has 0 unspecified atom stereocenters. The Balaban J connectivity index is 1.58. The van der Waals surface area contributed by atoms with Crippen LogP contribution in [0.4, 0.5) is 5.69 Å². The highest BCUT2D eigenvalue weighted by Crippen LogP contribution is 2.20. The third kappa shape index (κ3) is 3.05. The zero-order chi connectivity index (χ0) is 12.9. The Hall–Kier alpha value is -2.04. The van der Waals surface area contributed by atoms with E-state index in [4.69, 9.17) is 0 Å². The zero-order valence-corrected chi connectivity index (χ0v) is 11.0. The van der Waals surface area contributed by atoms with Crippen LogP contribution in [0.3, 0.4) is 0 Å². The number of anilines is 1. The van der Waals surface area contributed by atoms with Gasteiger partial charge in [-0.15, -0.1) is 10.2 Å². The van der Waals surface area contributed by atoms with Gasteiger partial charge in [0.15, 0.2) is 0 Å². The van der Waals surface area contributed by atoms with Crippen LogP contribution in [0, 0.1) is 0 Å². The molecule has 0 amide bonds.